The van der Waals surface area contributed by atoms with Gasteiger partial charge in [-0.15, -0.1) is 11.3 Å². The van der Waals surface area contributed by atoms with Crippen LogP contribution in [0.5, 0.6) is 0 Å². The van der Waals surface area contributed by atoms with Crippen LogP contribution in [0, 0.1) is 13.8 Å². The van der Waals surface area contributed by atoms with Gasteiger partial charge in [-0.3, -0.25) is 0 Å². The van der Waals surface area contributed by atoms with Gasteiger partial charge in [0.15, 0.2) is 5.13 Å². The number of nitrogens with zero attached hydrogens (tertiary/aromatic N) is 1. The lowest BCUT2D eigenvalue weighted by Crippen LogP contribution is -1.94. The van der Waals surface area contributed by atoms with Crippen LogP contribution in [-0.2, 0) is 0 Å². The molecule has 0 aliphatic rings. The highest BCUT2D eigenvalue weighted by atomic mass is 32.1. The molecule has 2 nitrogen and oxygen atoms in total. The fourth-order valence-corrected chi connectivity index (χ4v) is 2.81. The maximum Gasteiger partial charge on any atom is 0.187 e. The Hall–Kier alpha value is -2.13. The van der Waals surface area contributed by atoms with Crippen molar-refractivity contribution in [1.29, 1.82) is 0 Å². The number of benzene rings is 2. The standard InChI is InChI=1S/C17H16N2S/c1-12-7-6-10-15(13(12)2)18-17-19-16(11-20-17)14-8-4-3-5-9-14/h3-11H,1-2H3,(H,18,19). The molecule has 3 aromatic rings. The summed E-state index contributed by atoms with van der Waals surface area (Å²) in [6.07, 6.45) is 0. The predicted octanol–water partition coefficient (Wildman–Crippen LogP) is 5.17. The van der Waals surface area contributed by atoms with Gasteiger partial charge in [0.2, 0.25) is 0 Å². The third-order valence-corrected chi connectivity index (χ3v) is 4.18. The second kappa shape index (κ2) is 5.47. The van der Waals surface area contributed by atoms with Crippen molar-refractivity contribution in [2.45, 2.75) is 13.8 Å². The van der Waals surface area contributed by atoms with Crippen LogP contribution in [0.4, 0.5) is 10.8 Å². The number of aromatic nitrogens is 1. The van der Waals surface area contributed by atoms with Crippen molar-refractivity contribution in [1.82, 2.24) is 4.98 Å². The van der Waals surface area contributed by atoms with Crippen molar-refractivity contribution in [2.75, 3.05) is 5.32 Å². The first kappa shape index (κ1) is 12.9. The zero-order valence-corrected chi connectivity index (χ0v) is 12.4. The minimum Gasteiger partial charge on any atom is -0.331 e. The molecule has 100 valence electrons. The summed E-state index contributed by atoms with van der Waals surface area (Å²) < 4.78 is 0. The van der Waals surface area contributed by atoms with Gasteiger partial charge in [0.1, 0.15) is 0 Å². The summed E-state index contributed by atoms with van der Waals surface area (Å²) in [6, 6.07) is 16.5. The van der Waals surface area contributed by atoms with Crippen LogP contribution in [0.25, 0.3) is 11.3 Å². The lowest BCUT2D eigenvalue weighted by molar-refractivity contribution is 1.31. The average Bonchev–Trinajstić information content (AvgIpc) is 2.93. The molecule has 3 rings (SSSR count). The Morgan fingerprint density at radius 2 is 1.75 bits per heavy atom. The van der Waals surface area contributed by atoms with E-state index < -0.39 is 0 Å². The molecule has 0 aliphatic carbocycles. The summed E-state index contributed by atoms with van der Waals surface area (Å²) in [6.45, 7) is 4.25. The van der Waals surface area contributed by atoms with Gasteiger partial charge in [-0.25, -0.2) is 4.98 Å². The molecule has 3 heteroatoms. The summed E-state index contributed by atoms with van der Waals surface area (Å²) in [7, 11) is 0. The molecule has 0 atom stereocenters. The van der Waals surface area contributed by atoms with Gasteiger partial charge in [-0.05, 0) is 31.0 Å². The molecule has 1 heterocycles. The monoisotopic (exact) mass is 280 g/mol. The van der Waals surface area contributed by atoms with Gasteiger partial charge in [0.05, 0.1) is 5.69 Å². The van der Waals surface area contributed by atoms with Crippen molar-refractivity contribution in [3.05, 3.63) is 65.0 Å². The van der Waals surface area contributed by atoms with Crippen molar-refractivity contribution in [2.24, 2.45) is 0 Å². The molecule has 0 fully saturated rings. The van der Waals surface area contributed by atoms with Gasteiger partial charge in [0.25, 0.3) is 0 Å². The van der Waals surface area contributed by atoms with Crippen molar-refractivity contribution in [3.8, 4) is 11.3 Å². The van der Waals surface area contributed by atoms with E-state index >= 15 is 0 Å². The first-order valence-corrected chi connectivity index (χ1v) is 7.46. The van der Waals surface area contributed by atoms with E-state index in [4.69, 9.17) is 0 Å². The van der Waals surface area contributed by atoms with E-state index in [9.17, 15) is 0 Å². The maximum absolute atomic E-state index is 4.65. The Bertz CT molecular complexity index is 717. The Balaban J connectivity index is 1.86. The summed E-state index contributed by atoms with van der Waals surface area (Å²) in [5.41, 5.74) is 5.85. The highest BCUT2D eigenvalue weighted by Gasteiger charge is 2.06. The molecule has 0 saturated heterocycles. The van der Waals surface area contributed by atoms with Gasteiger partial charge < -0.3 is 5.32 Å². The third kappa shape index (κ3) is 2.58. The largest absolute Gasteiger partial charge is 0.331 e. The second-order valence-electron chi connectivity index (χ2n) is 4.78. The quantitative estimate of drug-likeness (QED) is 0.716. The second-order valence-corrected chi connectivity index (χ2v) is 5.63. The Morgan fingerprint density at radius 3 is 2.55 bits per heavy atom. The molecule has 0 saturated carbocycles. The van der Waals surface area contributed by atoms with E-state index in [-0.39, 0.29) is 0 Å². The highest BCUT2D eigenvalue weighted by molar-refractivity contribution is 7.14. The first-order valence-electron chi connectivity index (χ1n) is 6.58. The Labute approximate surface area is 123 Å². The Kier molecular flexibility index (Phi) is 3.52. The third-order valence-electron chi connectivity index (χ3n) is 3.42. The van der Waals surface area contributed by atoms with Crippen molar-refractivity contribution >= 4 is 22.2 Å². The lowest BCUT2D eigenvalue weighted by Gasteiger charge is -2.08. The molecule has 0 amide bonds. The zero-order chi connectivity index (χ0) is 13.9. The number of anilines is 2. The molecule has 0 aliphatic heterocycles. The average molecular weight is 280 g/mol. The van der Waals surface area contributed by atoms with Gasteiger partial charge in [-0.2, -0.15) is 0 Å². The normalized spacial score (nSPS) is 10.5. The lowest BCUT2D eigenvalue weighted by atomic mass is 10.1. The molecule has 1 N–H and O–H groups in total. The summed E-state index contributed by atoms with van der Waals surface area (Å²) >= 11 is 1.63. The van der Waals surface area contributed by atoms with Crippen LogP contribution in [0.1, 0.15) is 11.1 Å². The predicted molar refractivity (Wildman–Crippen MR) is 86.7 cm³/mol. The molecule has 0 radical (unpaired) electrons. The fraction of sp³-hybridized carbons (Fsp3) is 0.118. The van der Waals surface area contributed by atoms with Crippen molar-refractivity contribution < 1.29 is 0 Å². The number of hydrogen-bond donors (Lipinski definition) is 1. The van der Waals surface area contributed by atoms with E-state index in [0.29, 0.717) is 0 Å². The van der Waals surface area contributed by atoms with Crippen LogP contribution in [-0.4, -0.2) is 4.98 Å². The van der Waals surface area contributed by atoms with E-state index in [2.05, 4.69) is 59.9 Å². The van der Waals surface area contributed by atoms with E-state index in [0.717, 1.165) is 22.1 Å². The van der Waals surface area contributed by atoms with Gasteiger partial charge in [-0.1, -0.05) is 42.5 Å². The van der Waals surface area contributed by atoms with E-state index in [1.807, 2.05) is 18.2 Å². The van der Waals surface area contributed by atoms with E-state index in [1.54, 1.807) is 11.3 Å². The summed E-state index contributed by atoms with van der Waals surface area (Å²) in [4.78, 5) is 4.65. The molecule has 0 bridgehead atoms. The topological polar surface area (TPSA) is 24.9 Å². The number of thiazole rings is 1. The Morgan fingerprint density at radius 1 is 0.950 bits per heavy atom. The molecular weight excluding hydrogens is 264 g/mol. The van der Waals surface area contributed by atoms with Gasteiger partial charge >= 0.3 is 0 Å². The molecule has 0 unspecified atom stereocenters. The smallest absolute Gasteiger partial charge is 0.187 e. The minimum atomic E-state index is 0.928. The molecule has 0 spiro atoms. The minimum absolute atomic E-state index is 0.928. The van der Waals surface area contributed by atoms with Crippen LogP contribution in [0.15, 0.2) is 53.9 Å². The SMILES string of the molecule is Cc1cccc(Nc2nc(-c3ccccc3)cs2)c1C. The van der Waals surface area contributed by atoms with Crippen LogP contribution in [0.3, 0.4) is 0 Å². The number of nitrogens with one attached hydrogen (secondary N) is 1. The van der Waals surface area contributed by atoms with Crippen LogP contribution >= 0.6 is 11.3 Å². The van der Waals surface area contributed by atoms with Gasteiger partial charge in [0, 0.05) is 16.6 Å². The highest BCUT2D eigenvalue weighted by Crippen LogP contribution is 2.28. The number of aryl methyl sites for hydroxylation is 1. The molecule has 1 aromatic heterocycles. The number of rotatable bonds is 3. The maximum atomic E-state index is 4.65. The van der Waals surface area contributed by atoms with E-state index in [1.165, 1.54) is 11.1 Å². The first-order chi connectivity index (χ1) is 9.74. The molecule has 20 heavy (non-hydrogen) atoms. The summed E-state index contributed by atoms with van der Waals surface area (Å²) in [5, 5.41) is 6.42. The van der Waals surface area contributed by atoms with Crippen molar-refractivity contribution in [3.63, 3.8) is 0 Å². The fourth-order valence-electron chi connectivity index (χ4n) is 2.07. The van der Waals surface area contributed by atoms with Crippen LogP contribution < -0.4 is 5.32 Å². The number of hydrogen-bond acceptors (Lipinski definition) is 3. The van der Waals surface area contributed by atoms with Crippen LogP contribution in [0.2, 0.25) is 0 Å². The zero-order valence-electron chi connectivity index (χ0n) is 11.6. The molecular formula is C17H16N2S. The summed E-state index contributed by atoms with van der Waals surface area (Å²) in [5.74, 6) is 0. The molecule has 2 aromatic carbocycles.